The van der Waals surface area contributed by atoms with Gasteiger partial charge in [0.1, 0.15) is 9.84 Å². The Labute approximate surface area is 148 Å². The SMILES string of the molecule is NC(=O)c1cccc(C[C@@H]2CCN(C(=O)C3CCS(=O)(=O)CC3)C2)c1. The number of primary amides is 1. The minimum absolute atomic E-state index is 0.100. The third-order valence-corrected chi connectivity index (χ3v) is 6.95. The summed E-state index contributed by atoms with van der Waals surface area (Å²) in [7, 11) is -2.94. The van der Waals surface area contributed by atoms with Crippen LogP contribution in [0.1, 0.15) is 35.2 Å². The van der Waals surface area contributed by atoms with Crippen molar-refractivity contribution in [2.45, 2.75) is 25.7 Å². The Kier molecular flexibility index (Phi) is 5.13. The lowest BCUT2D eigenvalue weighted by Crippen LogP contribution is -2.38. The average molecular weight is 364 g/mol. The summed E-state index contributed by atoms with van der Waals surface area (Å²) in [6.07, 6.45) is 2.63. The Morgan fingerprint density at radius 2 is 1.88 bits per heavy atom. The maximum Gasteiger partial charge on any atom is 0.248 e. The predicted molar refractivity (Wildman–Crippen MR) is 94.7 cm³/mol. The lowest BCUT2D eigenvalue weighted by Gasteiger charge is -2.26. The maximum atomic E-state index is 12.6. The summed E-state index contributed by atoms with van der Waals surface area (Å²) in [5, 5.41) is 0. The zero-order chi connectivity index (χ0) is 18.0. The molecule has 2 fully saturated rings. The highest BCUT2D eigenvalue weighted by molar-refractivity contribution is 7.91. The Hall–Kier alpha value is -1.89. The van der Waals surface area contributed by atoms with Crippen molar-refractivity contribution in [3.63, 3.8) is 0 Å². The molecule has 0 bridgehead atoms. The van der Waals surface area contributed by atoms with Gasteiger partial charge >= 0.3 is 0 Å². The molecular formula is C18H24N2O4S. The molecular weight excluding hydrogens is 340 g/mol. The molecule has 2 heterocycles. The number of nitrogens with two attached hydrogens (primary N) is 1. The fraction of sp³-hybridized carbons (Fsp3) is 0.556. The van der Waals surface area contributed by atoms with Crippen LogP contribution in [0.2, 0.25) is 0 Å². The normalized spacial score (nSPS) is 23.5. The van der Waals surface area contributed by atoms with Gasteiger partial charge in [-0.1, -0.05) is 12.1 Å². The van der Waals surface area contributed by atoms with E-state index in [9.17, 15) is 18.0 Å². The summed E-state index contributed by atoms with van der Waals surface area (Å²) in [6.45, 7) is 1.42. The summed E-state index contributed by atoms with van der Waals surface area (Å²) >= 11 is 0. The Morgan fingerprint density at radius 1 is 1.16 bits per heavy atom. The van der Waals surface area contributed by atoms with Crippen LogP contribution in [0.15, 0.2) is 24.3 Å². The molecule has 25 heavy (non-hydrogen) atoms. The van der Waals surface area contributed by atoms with Gasteiger partial charge in [0.2, 0.25) is 11.8 Å². The molecule has 2 amide bonds. The molecule has 0 aromatic heterocycles. The van der Waals surface area contributed by atoms with Gasteiger partial charge in [0.25, 0.3) is 0 Å². The molecule has 136 valence electrons. The molecule has 2 N–H and O–H groups in total. The van der Waals surface area contributed by atoms with Crippen LogP contribution >= 0.6 is 0 Å². The summed E-state index contributed by atoms with van der Waals surface area (Å²) in [5.41, 5.74) is 6.88. The van der Waals surface area contributed by atoms with E-state index in [-0.39, 0.29) is 23.3 Å². The highest BCUT2D eigenvalue weighted by Crippen LogP contribution is 2.26. The van der Waals surface area contributed by atoms with Gasteiger partial charge in [-0.3, -0.25) is 9.59 Å². The number of hydrogen-bond acceptors (Lipinski definition) is 4. The van der Waals surface area contributed by atoms with E-state index in [0.29, 0.717) is 30.9 Å². The van der Waals surface area contributed by atoms with Gasteiger partial charge in [0, 0.05) is 24.6 Å². The highest BCUT2D eigenvalue weighted by Gasteiger charge is 2.34. The number of rotatable bonds is 4. The van der Waals surface area contributed by atoms with Crippen molar-refractivity contribution < 1.29 is 18.0 Å². The van der Waals surface area contributed by atoms with E-state index in [1.807, 2.05) is 23.1 Å². The minimum atomic E-state index is -2.94. The van der Waals surface area contributed by atoms with Crippen molar-refractivity contribution >= 4 is 21.7 Å². The second-order valence-corrected chi connectivity index (χ2v) is 9.44. The minimum Gasteiger partial charge on any atom is -0.366 e. The van der Waals surface area contributed by atoms with Gasteiger partial charge < -0.3 is 10.6 Å². The van der Waals surface area contributed by atoms with Crippen LogP contribution in [0, 0.1) is 11.8 Å². The van der Waals surface area contributed by atoms with Crippen molar-refractivity contribution in [1.29, 1.82) is 0 Å². The van der Waals surface area contributed by atoms with Crippen LogP contribution < -0.4 is 5.73 Å². The molecule has 1 aromatic rings. The van der Waals surface area contributed by atoms with Crippen molar-refractivity contribution in [2.24, 2.45) is 17.6 Å². The molecule has 7 heteroatoms. The molecule has 1 aromatic carbocycles. The lowest BCUT2D eigenvalue weighted by molar-refractivity contribution is -0.134. The molecule has 0 spiro atoms. The molecule has 2 saturated heterocycles. The molecule has 0 unspecified atom stereocenters. The van der Waals surface area contributed by atoms with Crippen LogP contribution in [0.3, 0.4) is 0 Å². The number of sulfone groups is 1. The fourth-order valence-electron chi connectivity index (χ4n) is 3.78. The van der Waals surface area contributed by atoms with Gasteiger partial charge in [-0.15, -0.1) is 0 Å². The van der Waals surface area contributed by atoms with E-state index in [0.717, 1.165) is 24.9 Å². The third-order valence-electron chi connectivity index (χ3n) is 5.24. The number of carbonyl (C=O) groups excluding carboxylic acids is 2. The van der Waals surface area contributed by atoms with Crippen LogP contribution in [-0.4, -0.2) is 49.7 Å². The molecule has 0 radical (unpaired) electrons. The van der Waals surface area contributed by atoms with Crippen molar-refractivity contribution in [2.75, 3.05) is 24.6 Å². The molecule has 0 saturated carbocycles. The zero-order valence-electron chi connectivity index (χ0n) is 14.2. The molecule has 6 nitrogen and oxygen atoms in total. The van der Waals surface area contributed by atoms with Crippen LogP contribution in [0.5, 0.6) is 0 Å². The standard InChI is InChI=1S/C18H24N2O4S/c19-17(21)16-3-1-2-13(11-16)10-14-4-7-20(12-14)18(22)15-5-8-25(23,24)9-6-15/h1-3,11,14-15H,4-10,12H2,(H2,19,21)/t14-/m0/s1. The molecule has 2 aliphatic rings. The van der Waals surface area contributed by atoms with E-state index in [2.05, 4.69) is 0 Å². The molecule has 1 atom stereocenters. The predicted octanol–water partition coefficient (Wildman–Crippen LogP) is 1.00. The monoisotopic (exact) mass is 364 g/mol. The largest absolute Gasteiger partial charge is 0.366 e. The van der Waals surface area contributed by atoms with E-state index in [4.69, 9.17) is 5.73 Å². The quantitative estimate of drug-likeness (QED) is 0.862. The Balaban J connectivity index is 1.56. The second kappa shape index (κ2) is 7.15. The van der Waals surface area contributed by atoms with E-state index in [1.165, 1.54) is 0 Å². The number of amides is 2. The number of nitrogens with zero attached hydrogens (tertiary/aromatic N) is 1. The zero-order valence-corrected chi connectivity index (χ0v) is 15.0. The summed E-state index contributed by atoms with van der Waals surface area (Å²) in [4.78, 5) is 25.8. The third kappa shape index (κ3) is 4.39. The van der Waals surface area contributed by atoms with Crippen molar-refractivity contribution in [3.05, 3.63) is 35.4 Å². The topological polar surface area (TPSA) is 97.5 Å². The number of benzene rings is 1. The first kappa shape index (κ1) is 17.9. The van der Waals surface area contributed by atoms with Crippen molar-refractivity contribution in [3.8, 4) is 0 Å². The van der Waals surface area contributed by atoms with Crippen LogP contribution in [0.25, 0.3) is 0 Å². The Morgan fingerprint density at radius 3 is 2.56 bits per heavy atom. The first-order chi connectivity index (χ1) is 11.8. The molecule has 2 aliphatic heterocycles. The first-order valence-corrected chi connectivity index (χ1v) is 10.5. The molecule has 0 aliphatic carbocycles. The number of hydrogen-bond donors (Lipinski definition) is 1. The van der Waals surface area contributed by atoms with Gasteiger partial charge in [0.05, 0.1) is 11.5 Å². The smallest absolute Gasteiger partial charge is 0.248 e. The maximum absolute atomic E-state index is 12.6. The highest BCUT2D eigenvalue weighted by atomic mass is 32.2. The van der Waals surface area contributed by atoms with Gasteiger partial charge in [-0.2, -0.15) is 0 Å². The fourth-order valence-corrected chi connectivity index (χ4v) is 5.27. The lowest BCUT2D eigenvalue weighted by atomic mass is 9.97. The summed E-state index contributed by atoms with van der Waals surface area (Å²) in [6, 6.07) is 7.32. The van der Waals surface area contributed by atoms with Crippen LogP contribution in [0.4, 0.5) is 0 Å². The first-order valence-electron chi connectivity index (χ1n) is 8.72. The van der Waals surface area contributed by atoms with E-state index in [1.54, 1.807) is 6.07 Å². The van der Waals surface area contributed by atoms with Gasteiger partial charge in [-0.25, -0.2) is 8.42 Å². The average Bonchev–Trinajstić information content (AvgIpc) is 3.03. The summed E-state index contributed by atoms with van der Waals surface area (Å²) in [5.74, 6) is 0.127. The number of likely N-dealkylation sites (tertiary alicyclic amines) is 1. The van der Waals surface area contributed by atoms with Crippen LogP contribution in [-0.2, 0) is 21.1 Å². The van der Waals surface area contributed by atoms with Gasteiger partial charge in [0.15, 0.2) is 0 Å². The molecule has 3 rings (SSSR count). The van der Waals surface area contributed by atoms with E-state index >= 15 is 0 Å². The van der Waals surface area contributed by atoms with Gasteiger partial charge in [-0.05, 0) is 49.3 Å². The van der Waals surface area contributed by atoms with Crippen molar-refractivity contribution in [1.82, 2.24) is 4.90 Å². The Bertz CT molecular complexity index is 761. The second-order valence-electron chi connectivity index (χ2n) is 7.13. The summed E-state index contributed by atoms with van der Waals surface area (Å²) < 4.78 is 23.0. The number of carbonyl (C=O) groups is 2. The van der Waals surface area contributed by atoms with E-state index < -0.39 is 15.7 Å².